The molecule has 0 N–H and O–H groups in total. The molecule has 0 fully saturated rings. The Bertz CT molecular complexity index is 246. The zero-order valence-corrected chi connectivity index (χ0v) is 7.64. The molecule has 0 unspecified atom stereocenters. The van der Waals surface area contributed by atoms with Crippen molar-refractivity contribution in [3.63, 3.8) is 0 Å². The summed E-state index contributed by atoms with van der Waals surface area (Å²) in [6.07, 6.45) is 4.37. The fourth-order valence-electron chi connectivity index (χ4n) is 0.957. The molecule has 5 heteroatoms. The normalized spacial score (nSPS) is 9.92. The van der Waals surface area contributed by atoms with Gasteiger partial charge < -0.3 is 4.74 Å². The number of hydrogen-bond donors (Lipinski definition) is 0. The molecule has 1 heterocycles. The first kappa shape index (κ1) is 9.70. The van der Waals surface area contributed by atoms with Crippen molar-refractivity contribution in [1.29, 1.82) is 0 Å². The summed E-state index contributed by atoms with van der Waals surface area (Å²) < 4.78 is 4.77. The van der Waals surface area contributed by atoms with Crippen LogP contribution in [0.5, 0.6) is 0 Å². The molecule has 0 saturated carbocycles. The Labute approximate surface area is 76.7 Å². The molecule has 0 bridgehead atoms. The standard InChI is InChI=1S/C8H13N3O2/c1-2-13-8(12)4-3-7-11-9-5-6-10-11/h5-6H,2-4,7H2,1H3. The van der Waals surface area contributed by atoms with Gasteiger partial charge in [-0.05, 0) is 13.3 Å². The van der Waals surface area contributed by atoms with E-state index in [4.69, 9.17) is 4.74 Å². The lowest BCUT2D eigenvalue weighted by Gasteiger charge is -2.00. The minimum atomic E-state index is -0.158. The largest absolute Gasteiger partial charge is 0.466 e. The summed E-state index contributed by atoms with van der Waals surface area (Å²) in [6, 6.07) is 0. The predicted octanol–water partition coefficient (Wildman–Crippen LogP) is 0.621. The summed E-state index contributed by atoms with van der Waals surface area (Å²) in [7, 11) is 0. The van der Waals surface area contributed by atoms with Crippen LogP contribution in [0.4, 0.5) is 0 Å². The Hall–Kier alpha value is -1.39. The van der Waals surface area contributed by atoms with Gasteiger partial charge in [0.25, 0.3) is 0 Å². The van der Waals surface area contributed by atoms with E-state index in [9.17, 15) is 4.79 Å². The molecule has 0 aromatic carbocycles. The lowest BCUT2D eigenvalue weighted by Crippen LogP contribution is -2.07. The maximum absolute atomic E-state index is 10.9. The van der Waals surface area contributed by atoms with Gasteiger partial charge >= 0.3 is 5.97 Å². The van der Waals surface area contributed by atoms with E-state index in [1.807, 2.05) is 0 Å². The van der Waals surface area contributed by atoms with Crippen molar-refractivity contribution in [2.24, 2.45) is 0 Å². The summed E-state index contributed by atoms with van der Waals surface area (Å²) >= 11 is 0. The Morgan fingerprint density at radius 2 is 2.15 bits per heavy atom. The minimum Gasteiger partial charge on any atom is -0.466 e. The molecule has 72 valence electrons. The highest BCUT2D eigenvalue weighted by Crippen LogP contribution is 1.94. The molecule has 5 nitrogen and oxygen atoms in total. The average molecular weight is 183 g/mol. The molecule has 1 aromatic rings. The molecule has 13 heavy (non-hydrogen) atoms. The van der Waals surface area contributed by atoms with Crippen LogP contribution < -0.4 is 0 Å². The van der Waals surface area contributed by atoms with Crippen molar-refractivity contribution in [3.05, 3.63) is 12.4 Å². The van der Waals surface area contributed by atoms with Gasteiger partial charge in [-0.1, -0.05) is 0 Å². The van der Waals surface area contributed by atoms with Gasteiger partial charge in [0.05, 0.1) is 25.5 Å². The first-order chi connectivity index (χ1) is 6.33. The van der Waals surface area contributed by atoms with E-state index in [2.05, 4.69) is 10.2 Å². The van der Waals surface area contributed by atoms with Crippen molar-refractivity contribution in [2.45, 2.75) is 26.3 Å². The fourth-order valence-corrected chi connectivity index (χ4v) is 0.957. The van der Waals surface area contributed by atoms with E-state index >= 15 is 0 Å². The SMILES string of the molecule is CCOC(=O)CCCn1nccn1. The number of nitrogens with zero attached hydrogens (tertiary/aromatic N) is 3. The molecule has 0 saturated heterocycles. The minimum absolute atomic E-state index is 0.158. The summed E-state index contributed by atoms with van der Waals surface area (Å²) in [5, 5.41) is 7.83. The predicted molar refractivity (Wildman–Crippen MR) is 45.9 cm³/mol. The highest BCUT2D eigenvalue weighted by atomic mass is 16.5. The van der Waals surface area contributed by atoms with Gasteiger partial charge in [0.15, 0.2) is 0 Å². The van der Waals surface area contributed by atoms with Gasteiger partial charge in [0, 0.05) is 6.42 Å². The molecular weight excluding hydrogens is 170 g/mol. The van der Waals surface area contributed by atoms with Gasteiger partial charge in [-0.3, -0.25) is 4.79 Å². The van der Waals surface area contributed by atoms with E-state index < -0.39 is 0 Å². The number of esters is 1. The zero-order valence-electron chi connectivity index (χ0n) is 7.64. The maximum atomic E-state index is 10.9. The number of ether oxygens (including phenoxy) is 1. The van der Waals surface area contributed by atoms with Crippen LogP contribution in [-0.4, -0.2) is 27.6 Å². The Balaban J connectivity index is 2.11. The Kier molecular flexibility index (Phi) is 3.95. The van der Waals surface area contributed by atoms with Gasteiger partial charge in [-0.15, -0.1) is 0 Å². The lowest BCUT2D eigenvalue weighted by atomic mass is 10.3. The molecule has 0 aliphatic rings. The third kappa shape index (κ3) is 3.68. The fraction of sp³-hybridized carbons (Fsp3) is 0.625. The Morgan fingerprint density at radius 3 is 2.77 bits per heavy atom. The summed E-state index contributed by atoms with van der Waals surface area (Å²) in [6.45, 7) is 2.90. The first-order valence-corrected chi connectivity index (χ1v) is 4.32. The van der Waals surface area contributed by atoms with Crippen molar-refractivity contribution in [2.75, 3.05) is 6.61 Å². The average Bonchev–Trinajstić information content (AvgIpc) is 2.57. The second kappa shape index (κ2) is 5.29. The van der Waals surface area contributed by atoms with Crippen LogP contribution in [0.1, 0.15) is 19.8 Å². The molecule has 0 radical (unpaired) electrons. The van der Waals surface area contributed by atoms with Crippen molar-refractivity contribution in [3.8, 4) is 0 Å². The first-order valence-electron chi connectivity index (χ1n) is 4.32. The highest BCUT2D eigenvalue weighted by Gasteiger charge is 2.01. The number of carbonyl (C=O) groups is 1. The van der Waals surface area contributed by atoms with Gasteiger partial charge in [-0.25, -0.2) is 0 Å². The molecule has 1 aromatic heterocycles. The number of aromatic nitrogens is 3. The number of aryl methyl sites for hydroxylation is 1. The lowest BCUT2D eigenvalue weighted by molar-refractivity contribution is -0.143. The molecule has 0 aliphatic carbocycles. The van der Waals surface area contributed by atoms with Crippen molar-refractivity contribution in [1.82, 2.24) is 15.0 Å². The van der Waals surface area contributed by atoms with Crippen molar-refractivity contribution >= 4 is 5.97 Å². The van der Waals surface area contributed by atoms with E-state index in [1.54, 1.807) is 24.1 Å². The topological polar surface area (TPSA) is 57.0 Å². The van der Waals surface area contributed by atoms with Gasteiger partial charge in [0.1, 0.15) is 0 Å². The highest BCUT2D eigenvalue weighted by molar-refractivity contribution is 5.69. The van der Waals surface area contributed by atoms with Crippen LogP contribution in [-0.2, 0) is 16.1 Å². The van der Waals surface area contributed by atoms with E-state index in [0.717, 1.165) is 0 Å². The molecular formula is C8H13N3O2. The quantitative estimate of drug-likeness (QED) is 0.628. The molecule has 1 rings (SSSR count). The smallest absolute Gasteiger partial charge is 0.305 e. The van der Waals surface area contributed by atoms with Crippen LogP contribution in [0.3, 0.4) is 0 Å². The van der Waals surface area contributed by atoms with E-state index in [-0.39, 0.29) is 5.97 Å². The molecule has 0 spiro atoms. The van der Waals surface area contributed by atoms with Crippen LogP contribution in [0.2, 0.25) is 0 Å². The number of hydrogen-bond acceptors (Lipinski definition) is 4. The maximum Gasteiger partial charge on any atom is 0.305 e. The van der Waals surface area contributed by atoms with E-state index in [1.165, 1.54) is 0 Å². The van der Waals surface area contributed by atoms with Crippen molar-refractivity contribution < 1.29 is 9.53 Å². The van der Waals surface area contributed by atoms with Gasteiger partial charge in [-0.2, -0.15) is 15.0 Å². The summed E-state index contributed by atoms with van der Waals surface area (Å²) in [4.78, 5) is 12.5. The van der Waals surface area contributed by atoms with E-state index in [0.29, 0.717) is 26.0 Å². The molecule has 0 amide bonds. The van der Waals surface area contributed by atoms with Crippen LogP contribution >= 0.6 is 0 Å². The Morgan fingerprint density at radius 1 is 1.46 bits per heavy atom. The summed E-state index contributed by atoms with van der Waals surface area (Å²) in [5.41, 5.74) is 0. The van der Waals surface area contributed by atoms with Crippen LogP contribution in [0.15, 0.2) is 12.4 Å². The summed E-state index contributed by atoms with van der Waals surface area (Å²) in [5.74, 6) is -0.158. The second-order valence-corrected chi connectivity index (χ2v) is 2.53. The monoisotopic (exact) mass is 183 g/mol. The number of carbonyl (C=O) groups excluding carboxylic acids is 1. The van der Waals surface area contributed by atoms with Crippen LogP contribution in [0.25, 0.3) is 0 Å². The molecule has 0 aliphatic heterocycles. The van der Waals surface area contributed by atoms with Crippen LogP contribution in [0, 0.1) is 0 Å². The zero-order chi connectivity index (χ0) is 9.52. The second-order valence-electron chi connectivity index (χ2n) is 2.53. The molecule has 0 atom stereocenters. The van der Waals surface area contributed by atoms with Gasteiger partial charge in [0.2, 0.25) is 0 Å². The third-order valence-corrected chi connectivity index (χ3v) is 1.51. The number of rotatable bonds is 5. The third-order valence-electron chi connectivity index (χ3n) is 1.51.